The molecule has 0 saturated heterocycles. The van der Waals surface area contributed by atoms with Crippen molar-refractivity contribution in [2.45, 2.75) is 0 Å². The van der Waals surface area contributed by atoms with Gasteiger partial charge in [-0.15, -0.1) is 0 Å². The van der Waals surface area contributed by atoms with Gasteiger partial charge in [-0.2, -0.15) is 0 Å². The second-order valence-electron chi connectivity index (χ2n) is 5.36. The molecule has 4 nitrogen and oxygen atoms in total. The van der Waals surface area contributed by atoms with E-state index in [2.05, 4.69) is 21.0 Å². The standard InChI is InChI=1S/C19H11N3O/c1-2-7-15-12(4-1)17-16(23-15)8-9-21-19(17)13-5-3-6-14-18(13)22-11-10-20-14/h1-11H. The van der Waals surface area contributed by atoms with E-state index in [9.17, 15) is 0 Å². The van der Waals surface area contributed by atoms with Crippen molar-refractivity contribution in [2.24, 2.45) is 0 Å². The number of hydrogen-bond donors (Lipinski definition) is 0. The van der Waals surface area contributed by atoms with E-state index in [1.807, 2.05) is 42.5 Å². The summed E-state index contributed by atoms with van der Waals surface area (Å²) in [6.07, 6.45) is 5.18. The van der Waals surface area contributed by atoms with Crippen molar-refractivity contribution in [3.63, 3.8) is 0 Å². The molecule has 23 heavy (non-hydrogen) atoms. The molecule has 0 amide bonds. The van der Waals surface area contributed by atoms with Crippen LogP contribution in [0.3, 0.4) is 0 Å². The van der Waals surface area contributed by atoms with Crippen LogP contribution in [0.5, 0.6) is 0 Å². The van der Waals surface area contributed by atoms with Crippen LogP contribution in [0, 0.1) is 0 Å². The molecule has 0 radical (unpaired) electrons. The SMILES string of the molecule is c1cc(-c2nccc3oc4ccccc4c23)c2nccnc2c1. The smallest absolute Gasteiger partial charge is 0.139 e. The molecule has 5 rings (SSSR count). The van der Waals surface area contributed by atoms with Gasteiger partial charge in [-0.1, -0.05) is 30.3 Å². The van der Waals surface area contributed by atoms with Crippen molar-refractivity contribution in [3.05, 3.63) is 67.1 Å². The number of benzene rings is 2. The lowest BCUT2D eigenvalue weighted by atomic mass is 10.0. The van der Waals surface area contributed by atoms with E-state index in [1.54, 1.807) is 18.6 Å². The van der Waals surface area contributed by atoms with Crippen LogP contribution < -0.4 is 0 Å². The van der Waals surface area contributed by atoms with Gasteiger partial charge >= 0.3 is 0 Å². The molecule has 0 saturated carbocycles. The van der Waals surface area contributed by atoms with Crippen LogP contribution in [0.4, 0.5) is 0 Å². The van der Waals surface area contributed by atoms with Gasteiger partial charge < -0.3 is 4.42 Å². The highest BCUT2D eigenvalue weighted by Crippen LogP contribution is 2.36. The van der Waals surface area contributed by atoms with E-state index in [4.69, 9.17) is 4.42 Å². The van der Waals surface area contributed by atoms with Crippen molar-refractivity contribution in [3.8, 4) is 11.3 Å². The molecule has 0 aliphatic carbocycles. The summed E-state index contributed by atoms with van der Waals surface area (Å²) in [7, 11) is 0. The molecule has 0 unspecified atom stereocenters. The Morgan fingerprint density at radius 2 is 1.61 bits per heavy atom. The summed E-state index contributed by atoms with van der Waals surface area (Å²) in [6, 6.07) is 15.9. The molecular weight excluding hydrogens is 286 g/mol. The van der Waals surface area contributed by atoms with E-state index in [0.717, 1.165) is 44.2 Å². The van der Waals surface area contributed by atoms with Gasteiger partial charge in [0.25, 0.3) is 0 Å². The topological polar surface area (TPSA) is 51.8 Å². The molecule has 0 aliphatic heterocycles. The van der Waals surface area contributed by atoms with Gasteiger partial charge in [-0.25, -0.2) is 0 Å². The van der Waals surface area contributed by atoms with Crippen molar-refractivity contribution in [1.82, 2.24) is 15.0 Å². The van der Waals surface area contributed by atoms with Crippen molar-refractivity contribution >= 4 is 33.0 Å². The lowest BCUT2D eigenvalue weighted by Crippen LogP contribution is -1.89. The minimum Gasteiger partial charge on any atom is -0.456 e. The second kappa shape index (κ2) is 4.61. The zero-order valence-corrected chi connectivity index (χ0v) is 12.1. The van der Waals surface area contributed by atoms with Crippen molar-refractivity contribution in [1.29, 1.82) is 0 Å². The van der Waals surface area contributed by atoms with Gasteiger partial charge in [-0.3, -0.25) is 15.0 Å². The lowest BCUT2D eigenvalue weighted by Gasteiger charge is -2.05. The number of para-hydroxylation sites is 2. The molecule has 0 N–H and O–H groups in total. The molecule has 5 aromatic rings. The summed E-state index contributed by atoms with van der Waals surface area (Å²) in [5, 5.41) is 2.08. The van der Waals surface area contributed by atoms with Crippen LogP contribution in [0.1, 0.15) is 0 Å². The first-order chi connectivity index (χ1) is 11.4. The average molecular weight is 297 g/mol. The van der Waals surface area contributed by atoms with E-state index in [1.165, 1.54) is 0 Å². The third-order valence-corrected chi connectivity index (χ3v) is 4.04. The van der Waals surface area contributed by atoms with Crippen molar-refractivity contribution < 1.29 is 4.42 Å². The first-order valence-electron chi connectivity index (χ1n) is 7.38. The van der Waals surface area contributed by atoms with E-state index < -0.39 is 0 Å². The number of fused-ring (bicyclic) bond motifs is 4. The predicted molar refractivity (Wildman–Crippen MR) is 90.0 cm³/mol. The largest absolute Gasteiger partial charge is 0.456 e. The highest BCUT2D eigenvalue weighted by Gasteiger charge is 2.15. The monoisotopic (exact) mass is 297 g/mol. The quantitative estimate of drug-likeness (QED) is 0.454. The highest BCUT2D eigenvalue weighted by atomic mass is 16.3. The Labute approximate surface area is 131 Å². The lowest BCUT2D eigenvalue weighted by molar-refractivity contribution is 0.668. The van der Waals surface area contributed by atoms with Crippen LogP contribution in [0.25, 0.3) is 44.2 Å². The molecule has 0 bridgehead atoms. The normalized spacial score (nSPS) is 11.5. The highest BCUT2D eigenvalue weighted by molar-refractivity contribution is 6.13. The molecule has 108 valence electrons. The van der Waals surface area contributed by atoms with Gasteiger partial charge in [0, 0.05) is 29.5 Å². The van der Waals surface area contributed by atoms with Crippen molar-refractivity contribution in [2.75, 3.05) is 0 Å². The van der Waals surface area contributed by atoms with Gasteiger partial charge in [0.05, 0.1) is 22.1 Å². The zero-order valence-electron chi connectivity index (χ0n) is 12.1. The minimum absolute atomic E-state index is 0.831. The molecule has 0 aliphatic rings. The van der Waals surface area contributed by atoms with E-state index in [-0.39, 0.29) is 0 Å². The van der Waals surface area contributed by atoms with Gasteiger partial charge in [0.1, 0.15) is 11.2 Å². The number of aromatic nitrogens is 3. The van der Waals surface area contributed by atoms with Crippen LogP contribution in [0.15, 0.2) is 71.5 Å². The Kier molecular flexibility index (Phi) is 2.46. The second-order valence-corrected chi connectivity index (χ2v) is 5.36. The Hall–Kier alpha value is -3.27. The van der Waals surface area contributed by atoms with E-state index in [0.29, 0.717) is 0 Å². The Bertz CT molecular complexity index is 1170. The maximum absolute atomic E-state index is 5.95. The van der Waals surface area contributed by atoms with Crippen LogP contribution >= 0.6 is 0 Å². The number of furan rings is 1. The maximum atomic E-state index is 5.95. The van der Waals surface area contributed by atoms with Crippen LogP contribution in [0.2, 0.25) is 0 Å². The fourth-order valence-corrected chi connectivity index (χ4v) is 3.06. The Morgan fingerprint density at radius 1 is 0.696 bits per heavy atom. The molecule has 2 aromatic carbocycles. The number of nitrogens with zero attached hydrogens (tertiary/aromatic N) is 3. The average Bonchev–Trinajstić information content (AvgIpc) is 3.00. The summed E-state index contributed by atoms with van der Waals surface area (Å²) in [4.78, 5) is 13.5. The molecular formula is C19H11N3O. The molecule has 4 heteroatoms. The van der Waals surface area contributed by atoms with Gasteiger partial charge in [0.2, 0.25) is 0 Å². The van der Waals surface area contributed by atoms with E-state index >= 15 is 0 Å². The van der Waals surface area contributed by atoms with Gasteiger partial charge in [-0.05, 0) is 18.2 Å². The first kappa shape index (κ1) is 12.3. The summed E-state index contributed by atoms with van der Waals surface area (Å²) in [5.41, 5.74) is 5.24. The summed E-state index contributed by atoms with van der Waals surface area (Å²) >= 11 is 0. The number of pyridine rings is 1. The Morgan fingerprint density at radius 3 is 2.61 bits per heavy atom. The number of rotatable bonds is 1. The maximum Gasteiger partial charge on any atom is 0.139 e. The molecule has 3 heterocycles. The first-order valence-corrected chi connectivity index (χ1v) is 7.38. The summed E-state index contributed by atoms with van der Waals surface area (Å²) < 4.78 is 5.95. The fraction of sp³-hybridized carbons (Fsp3) is 0. The van der Waals surface area contributed by atoms with Crippen LogP contribution in [-0.4, -0.2) is 15.0 Å². The molecule has 0 atom stereocenters. The predicted octanol–water partition coefficient (Wildman–Crippen LogP) is 4.59. The third-order valence-electron chi connectivity index (χ3n) is 4.04. The Balaban J connectivity index is 1.96. The van der Waals surface area contributed by atoms with Gasteiger partial charge in [0.15, 0.2) is 0 Å². The fourth-order valence-electron chi connectivity index (χ4n) is 3.06. The molecule has 3 aromatic heterocycles. The van der Waals surface area contributed by atoms with Crippen LogP contribution in [-0.2, 0) is 0 Å². The molecule has 0 spiro atoms. The summed E-state index contributed by atoms with van der Waals surface area (Å²) in [5.74, 6) is 0. The zero-order chi connectivity index (χ0) is 15.2. The minimum atomic E-state index is 0.831. The summed E-state index contributed by atoms with van der Waals surface area (Å²) in [6.45, 7) is 0. The number of hydrogen-bond acceptors (Lipinski definition) is 4. The third kappa shape index (κ3) is 1.75. The molecule has 0 fully saturated rings.